The summed E-state index contributed by atoms with van der Waals surface area (Å²) in [4.78, 5) is 9.75. The number of carbonyl (C=O) groups excluding carboxylic acids is 1. The largest absolute Gasteiger partial charge is 0.429 e. The molecule has 1 heterocycles. The molecule has 1 fully saturated rings. The summed E-state index contributed by atoms with van der Waals surface area (Å²) in [7, 11) is 0. The Morgan fingerprint density at radius 1 is 1.07 bits per heavy atom. The Morgan fingerprint density at radius 3 is 2.13 bits per heavy atom. The summed E-state index contributed by atoms with van der Waals surface area (Å²) in [5.41, 5.74) is 0. The van der Waals surface area contributed by atoms with E-state index in [1.807, 2.05) is 6.07 Å². The number of carbonyl (C=O) groups is 1. The Kier molecular flexibility index (Phi) is 6.25. The lowest BCUT2D eigenvalue weighted by Crippen LogP contribution is -2.21. The second-order valence-corrected chi connectivity index (χ2v) is 3.34. The lowest BCUT2D eigenvalue weighted by molar-refractivity contribution is -0.120. The fraction of sp³-hybridized carbons (Fsp3) is 0.417. The van der Waals surface area contributed by atoms with E-state index >= 15 is 0 Å². The first-order chi connectivity index (χ1) is 7.43. The molecule has 0 bridgehead atoms. The fourth-order valence-electron chi connectivity index (χ4n) is 1.36. The molecule has 1 aliphatic rings. The molecule has 82 valence electrons. The van der Waals surface area contributed by atoms with Gasteiger partial charge in [-0.15, -0.1) is 0 Å². The van der Waals surface area contributed by atoms with Crippen LogP contribution in [0.15, 0.2) is 30.3 Å². The predicted octanol–water partition coefficient (Wildman–Crippen LogP) is 1.98. The fourth-order valence-corrected chi connectivity index (χ4v) is 1.36. The van der Waals surface area contributed by atoms with Crippen LogP contribution in [0.3, 0.4) is 0 Å². The average molecular weight is 207 g/mol. The normalized spacial score (nSPS) is 14.7. The van der Waals surface area contributed by atoms with E-state index in [1.165, 1.54) is 32.4 Å². The molecule has 0 aromatic heterocycles. The van der Waals surface area contributed by atoms with Crippen LogP contribution >= 0.6 is 0 Å². The molecule has 1 N–H and O–H groups in total. The first-order valence-electron chi connectivity index (χ1n) is 5.29. The highest BCUT2D eigenvalue weighted by Crippen LogP contribution is 2.05. The maximum atomic E-state index is 9.75. The van der Waals surface area contributed by atoms with E-state index in [0.29, 0.717) is 12.2 Å². The van der Waals surface area contributed by atoms with Crippen LogP contribution in [0.1, 0.15) is 19.3 Å². The summed E-state index contributed by atoms with van der Waals surface area (Å²) in [6.07, 6.45) is 4.22. The standard InChI is InChI=1S/C7H6O2.C5H11N/c8-6-9-7-4-2-1-3-5-7;1-2-4-6-5-3-1/h1-6H;6H,1-5H2. The maximum Gasteiger partial charge on any atom is 0.298 e. The molecule has 3 nitrogen and oxygen atoms in total. The van der Waals surface area contributed by atoms with Gasteiger partial charge in [0.25, 0.3) is 6.47 Å². The second kappa shape index (κ2) is 8.00. The SMILES string of the molecule is C1CCNCC1.O=COc1ccccc1. The number of nitrogens with one attached hydrogen (secondary N) is 1. The van der Waals surface area contributed by atoms with E-state index in [0.717, 1.165) is 0 Å². The van der Waals surface area contributed by atoms with Gasteiger partial charge in [-0.2, -0.15) is 0 Å². The molecule has 3 heteroatoms. The van der Waals surface area contributed by atoms with Gasteiger partial charge in [-0.25, -0.2) is 0 Å². The van der Waals surface area contributed by atoms with Crippen LogP contribution in [0.25, 0.3) is 0 Å². The number of hydrogen-bond acceptors (Lipinski definition) is 3. The highest BCUT2D eigenvalue weighted by Gasteiger charge is 1.93. The summed E-state index contributed by atoms with van der Waals surface area (Å²) in [5.74, 6) is 0.576. The van der Waals surface area contributed by atoms with Gasteiger partial charge < -0.3 is 10.1 Å². The molecule has 0 amide bonds. The number of piperidine rings is 1. The van der Waals surface area contributed by atoms with Gasteiger partial charge in [0.05, 0.1) is 0 Å². The molecule has 1 saturated heterocycles. The predicted molar refractivity (Wildman–Crippen MR) is 59.9 cm³/mol. The molecule has 1 aromatic carbocycles. The van der Waals surface area contributed by atoms with Crippen molar-refractivity contribution < 1.29 is 9.53 Å². The van der Waals surface area contributed by atoms with E-state index in [1.54, 1.807) is 24.3 Å². The van der Waals surface area contributed by atoms with Gasteiger partial charge in [0.15, 0.2) is 0 Å². The Balaban J connectivity index is 0.000000162. The Morgan fingerprint density at radius 2 is 1.73 bits per heavy atom. The van der Waals surface area contributed by atoms with Crippen molar-refractivity contribution >= 4 is 6.47 Å². The van der Waals surface area contributed by atoms with Crippen LogP contribution in [-0.2, 0) is 4.79 Å². The molecule has 15 heavy (non-hydrogen) atoms. The third-order valence-corrected chi connectivity index (χ3v) is 2.13. The lowest BCUT2D eigenvalue weighted by atomic mass is 10.2. The number of ether oxygens (including phenoxy) is 1. The van der Waals surface area contributed by atoms with Gasteiger partial charge in [0.1, 0.15) is 5.75 Å². The van der Waals surface area contributed by atoms with Crippen LogP contribution < -0.4 is 10.1 Å². The van der Waals surface area contributed by atoms with Gasteiger partial charge in [-0.1, -0.05) is 24.6 Å². The molecule has 0 spiro atoms. The summed E-state index contributed by atoms with van der Waals surface area (Å²) in [5, 5.41) is 3.28. The molecule has 1 aromatic rings. The lowest BCUT2D eigenvalue weighted by Gasteiger charge is -2.08. The number of para-hydroxylation sites is 1. The van der Waals surface area contributed by atoms with Gasteiger partial charge >= 0.3 is 0 Å². The van der Waals surface area contributed by atoms with E-state index in [2.05, 4.69) is 10.1 Å². The first-order valence-corrected chi connectivity index (χ1v) is 5.29. The second-order valence-electron chi connectivity index (χ2n) is 3.34. The smallest absolute Gasteiger partial charge is 0.298 e. The van der Waals surface area contributed by atoms with Crippen molar-refractivity contribution in [1.29, 1.82) is 0 Å². The molecule has 1 aliphatic heterocycles. The maximum absolute atomic E-state index is 9.75. The first kappa shape index (κ1) is 11.7. The van der Waals surface area contributed by atoms with Gasteiger partial charge in [-0.3, -0.25) is 4.79 Å². The molecule has 0 saturated carbocycles. The summed E-state index contributed by atoms with van der Waals surface area (Å²) in [6, 6.07) is 8.90. The van der Waals surface area contributed by atoms with Crippen molar-refractivity contribution in [2.75, 3.05) is 13.1 Å². The van der Waals surface area contributed by atoms with Crippen molar-refractivity contribution in [3.8, 4) is 5.75 Å². The number of benzene rings is 1. The third kappa shape index (κ3) is 5.86. The van der Waals surface area contributed by atoms with Crippen molar-refractivity contribution in [1.82, 2.24) is 5.32 Å². The molecule has 0 radical (unpaired) electrons. The average Bonchev–Trinajstić information content (AvgIpc) is 2.34. The van der Waals surface area contributed by atoms with Crippen LogP contribution in [0.2, 0.25) is 0 Å². The highest BCUT2D eigenvalue weighted by atomic mass is 16.5. The Bertz CT molecular complexity index is 246. The molecule has 2 rings (SSSR count). The van der Waals surface area contributed by atoms with E-state index < -0.39 is 0 Å². The number of rotatable bonds is 2. The molecule has 0 unspecified atom stereocenters. The zero-order valence-electron chi connectivity index (χ0n) is 8.82. The molecule has 0 atom stereocenters. The summed E-state index contributed by atoms with van der Waals surface area (Å²) in [6.45, 7) is 2.91. The van der Waals surface area contributed by atoms with Crippen molar-refractivity contribution in [2.24, 2.45) is 0 Å². The minimum atomic E-state index is 0.412. The zero-order chi connectivity index (χ0) is 10.8. The minimum absolute atomic E-state index is 0.412. The van der Waals surface area contributed by atoms with Crippen molar-refractivity contribution in [3.63, 3.8) is 0 Å². The highest BCUT2D eigenvalue weighted by molar-refractivity contribution is 5.44. The van der Waals surface area contributed by atoms with Crippen LogP contribution in [0.5, 0.6) is 5.75 Å². The van der Waals surface area contributed by atoms with Gasteiger partial charge in [0, 0.05) is 0 Å². The number of hydrogen-bond donors (Lipinski definition) is 1. The van der Waals surface area contributed by atoms with E-state index in [9.17, 15) is 4.79 Å². The Hall–Kier alpha value is -1.35. The molecular weight excluding hydrogens is 190 g/mol. The summed E-state index contributed by atoms with van der Waals surface area (Å²) < 4.78 is 4.53. The van der Waals surface area contributed by atoms with E-state index in [-0.39, 0.29) is 0 Å². The molecule has 0 aliphatic carbocycles. The van der Waals surface area contributed by atoms with Crippen molar-refractivity contribution in [2.45, 2.75) is 19.3 Å². The van der Waals surface area contributed by atoms with Gasteiger partial charge in [-0.05, 0) is 38.1 Å². The van der Waals surface area contributed by atoms with Gasteiger partial charge in [0.2, 0.25) is 0 Å². The minimum Gasteiger partial charge on any atom is -0.429 e. The van der Waals surface area contributed by atoms with E-state index in [4.69, 9.17) is 0 Å². The van der Waals surface area contributed by atoms with Crippen LogP contribution in [0, 0.1) is 0 Å². The Labute approximate surface area is 90.4 Å². The zero-order valence-corrected chi connectivity index (χ0v) is 8.82. The quantitative estimate of drug-likeness (QED) is 0.754. The third-order valence-electron chi connectivity index (χ3n) is 2.13. The topological polar surface area (TPSA) is 38.3 Å². The van der Waals surface area contributed by atoms with Crippen LogP contribution in [0.4, 0.5) is 0 Å². The monoisotopic (exact) mass is 207 g/mol. The summed E-state index contributed by atoms with van der Waals surface area (Å²) >= 11 is 0. The van der Waals surface area contributed by atoms with Crippen LogP contribution in [-0.4, -0.2) is 19.6 Å². The molecular formula is C12H17NO2. The van der Waals surface area contributed by atoms with Crippen molar-refractivity contribution in [3.05, 3.63) is 30.3 Å².